The Balaban J connectivity index is 4.03. The summed E-state index contributed by atoms with van der Waals surface area (Å²) >= 11 is 0. The first-order valence-corrected chi connectivity index (χ1v) is 7.93. The van der Waals surface area contributed by atoms with Crippen LogP contribution in [0.25, 0.3) is 0 Å². The van der Waals surface area contributed by atoms with E-state index in [2.05, 4.69) is 23.9 Å². The molecule has 18 heavy (non-hydrogen) atoms. The molecule has 0 rings (SSSR count). The zero-order valence-electron chi connectivity index (χ0n) is 12.6. The molecule has 0 bridgehead atoms. The van der Waals surface area contributed by atoms with E-state index >= 15 is 0 Å². The fourth-order valence-corrected chi connectivity index (χ4v) is 2.44. The Morgan fingerprint density at radius 1 is 1.22 bits per heavy atom. The van der Waals surface area contributed by atoms with E-state index in [0.29, 0.717) is 19.1 Å². The summed E-state index contributed by atoms with van der Waals surface area (Å²) in [7, 11) is -1.73. The molecule has 0 aliphatic carbocycles. The number of hydrogen-bond donors (Lipinski definition) is 2. The van der Waals surface area contributed by atoms with Crippen LogP contribution in [0.3, 0.4) is 0 Å². The minimum atomic E-state index is -3.34. The Kier molecular flexibility index (Phi) is 7.36. The minimum absolute atomic E-state index is 0.0485. The van der Waals surface area contributed by atoms with Gasteiger partial charge in [-0.15, -0.1) is 0 Å². The number of rotatable bonds is 8. The fraction of sp³-hybridized carbons (Fsp3) is 1.00. The minimum Gasteiger partial charge on any atom is -0.314 e. The lowest BCUT2D eigenvalue weighted by Gasteiger charge is -2.23. The molecule has 0 saturated heterocycles. The fourth-order valence-electron chi connectivity index (χ4n) is 1.23. The van der Waals surface area contributed by atoms with Gasteiger partial charge in [-0.3, -0.25) is 0 Å². The lowest BCUT2D eigenvalue weighted by Crippen LogP contribution is -2.42. The van der Waals surface area contributed by atoms with Gasteiger partial charge in [0.1, 0.15) is 0 Å². The largest absolute Gasteiger partial charge is 0.314 e. The molecule has 0 unspecified atom stereocenters. The van der Waals surface area contributed by atoms with Crippen LogP contribution in [0.4, 0.5) is 0 Å². The molecule has 6 heteroatoms. The first-order valence-electron chi connectivity index (χ1n) is 6.49. The highest BCUT2D eigenvalue weighted by Gasteiger charge is 2.20. The van der Waals surface area contributed by atoms with E-state index in [1.54, 1.807) is 7.05 Å². The maximum atomic E-state index is 11.9. The van der Waals surface area contributed by atoms with Gasteiger partial charge in [-0.2, -0.15) is 12.7 Å². The summed E-state index contributed by atoms with van der Waals surface area (Å²) in [6, 6.07) is 0.436. The van der Waals surface area contributed by atoms with Crippen LogP contribution in [-0.4, -0.2) is 45.4 Å². The van der Waals surface area contributed by atoms with E-state index in [-0.39, 0.29) is 5.41 Å². The van der Waals surface area contributed by atoms with Crippen molar-refractivity contribution in [1.29, 1.82) is 0 Å². The van der Waals surface area contributed by atoms with Gasteiger partial charge in [-0.1, -0.05) is 34.6 Å². The highest BCUT2D eigenvalue weighted by molar-refractivity contribution is 7.87. The van der Waals surface area contributed by atoms with Crippen molar-refractivity contribution in [3.8, 4) is 0 Å². The molecule has 0 atom stereocenters. The van der Waals surface area contributed by atoms with E-state index in [1.807, 2.05) is 20.8 Å². The number of hydrogen-bond acceptors (Lipinski definition) is 3. The van der Waals surface area contributed by atoms with Gasteiger partial charge in [-0.05, 0) is 18.4 Å². The summed E-state index contributed by atoms with van der Waals surface area (Å²) < 4.78 is 27.8. The molecular formula is C12H29N3O2S. The molecule has 0 aromatic rings. The summed E-state index contributed by atoms with van der Waals surface area (Å²) in [4.78, 5) is 0. The highest BCUT2D eigenvalue weighted by atomic mass is 32.2. The predicted molar refractivity (Wildman–Crippen MR) is 76.8 cm³/mol. The number of nitrogens with one attached hydrogen (secondary N) is 2. The smallest absolute Gasteiger partial charge is 0.279 e. The van der Waals surface area contributed by atoms with Gasteiger partial charge in [0.15, 0.2) is 0 Å². The molecule has 2 N–H and O–H groups in total. The molecule has 0 aromatic carbocycles. The zero-order valence-corrected chi connectivity index (χ0v) is 13.4. The molecule has 110 valence electrons. The molecule has 0 aromatic heterocycles. The van der Waals surface area contributed by atoms with Gasteiger partial charge in [0.2, 0.25) is 0 Å². The van der Waals surface area contributed by atoms with E-state index in [0.717, 1.165) is 13.0 Å². The van der Waals surface area contributed by atoms with Gasteiger partial charge in [0.25, 0.3) is 10.2 Å². The van der Waals surface area contributed by atoms with Crippen molar-refractivity contribution in [1.82, 2.24) is 14.3 Å². The summed E-state index contributed by atoms with van der Waals surface area (Å²) in [5.41, 5.74) is -0.0485. The Hall–Kier alpha value is -0.170. The molecule has 0 saturated carbocycles. The summed E-state index contributed by atoms with van der Waals surface area (Å²) in [6.07, 6.45) is 0.811. The molecule has 0 spiro atoms. The van der Waals surface area contributed by atoms with Gasteiger partial charge >= 0.3 is 0 Å². The highest BCUT2D eigenvalue weighted by Crippen LogP contribution is 2.11. The van der Waals surface area contributed by atoms with Gasteiger partial charge in [0, 0.05) is 26.2 Å². The van der Waals surface area contributed by atoms with Crippen LogP contribution in [0.1, 0.15) is 41.0 Å². The van der Waals surface area contributed by atoms with Gasteiger partial charge in [0.05, 0.1) is 0 Å². The third-order valence-electron chi connectivity index (χ3n) is 2.40. The monoisotopic (exact) mass is 279 g/mol. The summed E-state index contributed by atoms with van der Waals surface area (Å²) in [5.74, 6) is 0. The first-order chi connectivity index (χ1) is 8.04. The van der Waals surface area contributed by atoms with Crippen LogP contribution >= 0.6 is 0 Å². The Morgan fingerprint density at radius 2 is 1.78 bits per heavy atom. The van der Waals surface area contributed by atoms with Crippen LogP contribution < -0.4 is 10.0 Å². The zero-order chi connectivity index (χ0) is 14.4. The van der Waals surface area contributed by atoms with E-state index in [9.17, 15) is 8.42 Å². The van der Waals surface area contributed by atoms with Crippen molar-refractivity contribution in [3.63, 3.8) is 0 Å². The molecule has 0 fully saturated rings. The molecule has 0 amide bonds. The van der Waals surface area contributed by atoms with Crippen molar-refractivity contribution >= 4 is 10.2 Å². The van der Waals surface area contributed by atoms with Crippen LogP contribution in [-0.2, 0) is 10.2 Å². The van der Waals surface area contributed by atoms with Crippen molar-refractivity contribution < 1.29 is 8.42 Å². The summed E-state index contributed by atoms with van der Waals surface area (Å²) in [5, 5.41) is 3.27. The maximum absolute atomic E-state index is 11.9. The van der Waals surface area contributed by atoms with Crippen molar-refractivity contribution in [2.24, 2.45) is 5.41 Å². The molecule has 0 radical (unpaired) electrons. The van der Waals surface area contributed by atoms with Crippen molar-refractivity contribution in [2.45, 2.75) is 47.1 Å². The Labute approximate surface area is 113 Å². The van der Waals surface area contributed by atoms with E-state index in [4.69, 9.17) is 0 Å². The SMILES string of the molecule is CC(C)NCCCN(C)S(=O)(=O)NCC(C)(C)C. The van der Waals surface area contributed by atoms with Crippen molar-refractivity contribution in [3.05, 3.63) is 0 Å². The second-order valence-electron chi connectivity index (χ2n) is 6.17. The van der Waals surface area contributed by atoms with Gasteiger partial charge in [-0.25, -0.2) is 4.72 Å². The molecule has 0 aliphatic rings. The van der Waals surface area contributed by atoms with E-state index in [1.165, 1.54) is 4.31 Å². The normalized spacial score (nSPS) is 13.6. The lowest BCUT2D eigenvalue weighted by atomic mass is 9.98. The van der Waals surface area contributed by atoms with Crippen molar-refractivity contribution in [2.75, 3.05) is 26.7 Å². The Morgan fingerprint density at radius 3 is 2.22 bits per heavy atom. The third-order valence-corrected chi connectivity index (χ3v) is 3.91. The topological polar surface area (TPSA) is 61.4 Å². The van der Waals surface area contributed by atoms with Crippen LogP contribution in [0.5, 0.6) is 0 Å². The first kappa shape index (κ1) is 17.8. The molecule has 0 aliphatic heterocycles. The Bertz CT molecular complexity index is 321. The third kappa shape index (κ3) is 8.85. The number of nitrogens with zero attached hydrogens (tertiary/aromatic N) is 1. The van der Waals surface area contributed by atoms with Crippen LogP contribution in [0.2, 0.25) is 0 Å². The molecule has 5 nitrogen and oxygen atoms in total. The molecular weight excluding hydrogens is 250 g/mol. The average Bonchev–Trinajstić information content (AvgIpc) is 2.20. The standard InChI is InChI=1S/C12H29N3O2S/c1-11(2)13-8-7-9-15(6)18(16,17)14-10-12(3,4)5/h11,13-14H,7-10H2,1-6H3. The quantitative estimate of drug-likeness (QED) is 0.656. The lowest BCUT2D eigenvalue weighted by molar-refractivity contribution is 0.389. The second kappa shape index (κ2) is 7.43. The maximum Gasteiger partial charge on any atom is 0.279 e. The van der Waals surface area contributed by atoms with E-state index < -0.39 is 10.2 Å². The predicted octanol–water partition coefficient (Wildman–Crippen LogP) is 1.19. The van der Waals surface area contributed by atoms with Crippen LogP contribution in [0, 0.1) is 5.41 Å². The molecule has 0 heterocycles. The van der Waals surface area contributed by atoms with Crippen LogP contribution in [0.15, 0.2) is 0 Å². The van der Waals surface area contributed by atoms with Gasteiger partial charge < -0.3 is 5.32 Å². The summed E-state index contributed by atoms with van der Waals surface area (Å²) in [6.45, 7) is 12.0. The average molecular weight is 279 g/mol. The second-order valence-corrected chi connectivity index (χ2v) is 8.03.